The summed E-state index contributed by atoms with van der Waals surface area (Å²) < 4.78 is 39.2. The number of hydrogen-bond acceptors (Lipinski definition) is 3. The molecule has 1 amide bonds. The van der Waals surface area contributed by atoms with Crippen molar-refractivity contribution in [1.82, 2.24) is 9.21 Å². The Hall–Kier alpha value is -2.25. The van der Waals surface area contributed by atoms with E-state index in [1.54, 1.807) is 33.0 Å². The molecule has 0 aromatic heterocycles. The average molecular weight is 378 g/mol. The summed E-state index contributed by atoms with van der Waals surface area (Å²) >= 11 is 0. The normalized spacial score (nSPS) is 11.8. The van der Waals surface area contributed by atoms with Crippen molar-refractivity contribution in [1.29, 1.82) is 0 Å². The van der Waals surface area contributed by atoms with Crippen molar-refractivity contribution in [2.24, 2.45) is 0 Å². The minimum Gasteiger partial charge on any atom is -0.337 e. The Morgan fingerprint density at radius 2 is 1.54 bits per heavy atom. The molecular weight excluding hydrogens is 355 g/mol. The number of hydrogen-bond donors (Lipinski definition) is 0. The molecule has 5 nitrogen and oxygen atoms in total. The molecule has 0 N–H and O–H groups in total. The summed E-state index contributed by atoms with van der Waals surface area (Å²) in [6, 6.07) is 11.7. The number of benzene rings is 2. The van der Waals surface area contributed by atoms with Crippen LogP contribution < -0.4 is 0 Å². The number of rotatable bonds is 6. The maximum absolute atomic E-state index is 13.0. The van der Waals surface area contributed by atoms with Crippen molar-refractivity contribution in [3.8, 4) is 0 Å². The fourth-order valence-electron chi connectivity index (χ4n) is 2.37. The van der Waals surface area contributed by atoms with Gasteiger partial charge in [0.05, 0.1) is 4.90 Å². The molecule has 0 atom stereocenters. The molecule has 0 unspecified atom stereocenters. The highest BCUT2D eigenvalue weighted by Gasteiger charge is 2.23. The lowest BCUT2D eigenvalue weighted by Crippen LogP contribution is -2.33. The van der Waals surface area contributed by atoms with Crippen molar-refractivity contribution in [2.45, 2.75) is 31.3 Å². The first kappa shape index (κ1) is 20.1. The molecule has 0 radical (unpaired) electrons. The van der Waals surface area contributed by atoms with Crippen molar-refractivity contribution in [3.05, 3.63) is 65.5 Å². The molecule has 0 aliphatic heterocycles. The van der Waals surface area contributed by atoms with Gasteiger partial charge >= 0.3 is 0 Å². The predicted octanol–water partition coefficient (Wildman–Crippen LogP) is 3.13. The van der Waals surface area contributed by atoms with E-state index in [4.69, 9.17) is 0 Å². The van der Waals surface area contributed by atoms with Crippen LogP contribution in [0.5, 0.6) is 0 Å². The van der Waals surface area contributed by atoms with Gasteiger partial charge in [-0.1, -0.05) is 12.1 Å². The van der Waals surface area contributed by atoms with E-state index in [-0.39, 0.29) is 22.7 Å². The maximum Gasteiger partial charge on any atom is 0.253 e. The van der Waals surface area contributed by atoms with Crippen LogP contribution in [0.25, 0.3) is 0 Å². The molecule has 0 saturated carbocycles. The second-order valence-corrected chi connectivity index (χ2v) is 8.42. The van der Waals surface area contributed by atoms with Gasteiger partial charge in [-0.15, -0.1) is 0 Å². The number of amides is 1. The molecule has 2 aromatic rings. The van der Waals surface area contributed by atoms with Gasteiger partial charge < -0.3 is 4.90 Å². The fraction of sp³-hybridized carbons (Fsp3) is 0.316. The Morgan fingerprint density at radius 3 is 2.04 bits per heavy atom. The van der Waals surface area contributed by atoms with Gasteiger partial charge in [-0.3, -0.25) is 4.79 Å². The Kier molecular flexibility index (Phi) is 6.15. The highest BCUT2D eigenvalue weighted by atomic mass is 32.2. The van der Waals surface area contributed by atoms with Gasteiger partial charge in [0.2, 0.25) is 10.0 Å². The first-order valence-corrected chi connectivity index (χ1v) is 9.65. The third-order valence-electron chi connectivity index (χ3n) is 4.19. The minimum absolute atomic E-state index is 0.145. The van der Waals surface area contributed by atoms with Crippen LogP contribution in [0, 0.1) is 5.82 Å². The third kappa shape index (κ3) is 4.47. The number of carbonyl (C=O) groups is 1. The van der Waals surface area contributed by atoms with Gasteiger partial charge in [0.1, 0.15) is 5.82 Å². The first-order valence-electron chi connectivity index (χ1n) is 8.21. The molecule has 140 valence electrons. The van der Waals surface area contributed by atoms with E-state index in [1.165, 1.54) is 52.7 Å². The summed E-state index contributed by atoms with van der Waals surface area (Å²) in [5, 5.41) is 0. The number of halogens is 1. The molecule has 0 spiro atoms. The standard InChI is InChI=1S/C19H23FN2O3S/c1-14(2)22(4)26(24,25)18-11-7-16(8-12-18)19(23)21(3)13-15-5-9-17(20)10-6-15/h5-12,14H,13H2,1-4H3. The zero-order chi connectivity index (χ0) is 19.5. The fourth-order valence-corrected chi connectivity index (χ4v) is 3.74. The van der Waals surface area contributed by atoms with Crippen LogP contribution in [-0.2, 0) is 16.6 Å². The van der Waals surface area contributed by atoms with Crippen LogP contribution in [0.4, 0.5) is 4.39 Å². The van der Waals surface area contributed by atoms with Crippen LogP contribution in [0.1, 0.15) is 29.8 Å². The maximum atomic E-state index is 13.0. The van der Waals surface area contributed by atoms with E-state index in [9.17, 15) is 17.6 Å². The molecule has 0 bridgehead atoms. The molecule has 2 aromatic carbocycles. The van der Waals surface area contributed by atoms with Crippen molar-refractivity contribution in [2.75, 3.05) is 14.1 Å². The lowest BCUT2D eigenvalue weighted by molar-refractivity contribution is 0.0785. The Labute approximate surface area is 154 Å². The van der Waals surface area contributed by atoms with Gasteiger partial charge in [-0.05, 0) is 55.8 Å². The van der Waals surface area contributed by atoms with E-state index < -0.39 is 10.0 Å². The van der Waals surface area contributed by atoms with Crippen LogP contribution in [0.15, 0.2) is 53.4 Å². The van der Waals surface area contributed by atoms with Crippen LogP contribution in [0.2, 0.25) is 0 Å². The minimum atomic E-state index is -3.58. The van der Waals surface area contributed by atoms with Crippen molar-refractivity contribution < 1.29 is 17.6 Å². The molecule has 0 aliphatic rings. The molecule has 26 heavy (non-hydrogen) atoms. The van der Waals surface area contributed by atoms with Gasteiger partial charge in [0, 0.05) is 32.2 Å². The summed E-state index contributed by atoms with van der Waals surface area (Å²) in [6.07, 6.45) is 0. The third-order valence-corrected chi connectivity index (χ3v) is 6.23. The highest BCUT2D eigenvalue weighted by molar-refractivity contribution is 7.89. The SMILES string of the molecule is CC(C)N(C)S(=O)(=O)c1ccc(C(=O)N(C)Cc2ccc(F)cc2)cc1. The lowest BCUT2D eigenvalue weighted by atomic mass is 10.1. The molecule has 0 fully saturated rings. The lowest BCUT2D eigenvalue weighted by Gasteiger charge is -2.21. The molecule has 0 saturated heterocycles. The Bertz CT molecular complexity index is 863. The summed E-state index contributed by atoms with van der Waals surface area (Å²) in [5.74, 6) is -0.568. The monoisotopic (exact) mass is 378 g/mol. The zero-order valence-corrected chi connectivity index (χ0v) is 16.1. The van der Waals surface area contributed by atoms with Gasteiger partial charge in [-0.2, -0.15) is 4.31 Å². The van der Waals surface area contributed by atoms with Crippen molar-refractivity contribution >= 4 is 15.9 Å². The van der Waals surface area contributed by atoms with Gasteiger partial charge in [-0.25, -0.2) is 12.8 Å². The zero-order valence-electron chi connectivity index (χ0n) is 15.3. The van der Waals surface area contributed by atoms with E-state index in [0.29, 0.717) is 12.1 Å². The molecule has 7 heteroatoms. The second kappa shape index (κ2) is 7.97. The van der Waals surface area contributed by atoms with Gasteiger partial charge in [0.15, 0.2) is 0 Å². The largest absolute Gasteiger partial charge is 0.337 e. The van der Waals surface area contributed by atoms with E-state index in [1.807, 2.05) is 0 Å². The molecule has 2 rings (SSSR count). The van der Waals surface area contributed by atoms with Crippen LogP contribution in [-0.4, -0.2) is 43.7 Å². The summed E-state index contributed by atoms with van der Waals surface area (Å²) in [6.45, 7) is 3.91. The van der Waals surface area contributed by atoms with Crippen molar-refractivity contribution in [3.63, 3.8) is 0 Å². The van der Waals surface area contributed by atoms with Crippen LogP contribution >= 0.6 is 0 Å². The topological polar surface area (TPSA) is 57.7 Å². The van der Waals surface area contributed by atoms with E-state index in [0.717, 1.165) is 5.56 Å². The summed E-state index contributed by atoms with van der Waals surface area (Å²) in [7, 11) is -0.416. The Morgan fingerprint density at radius 1 is 1.00 bits per heavy atom. The van der Waals surface area contributed by atoms with E-state index >= 15 is 0 Å². The average Bonchev–Trinajstić information content (AvgIpc) is 2.62. The summed E-state index contributed by atoms with van der Waals surface area (Å²) in [4.78, 5) is 14.2. The van der Waals surface area contributed by atoms with Gasteiger partial charge in [0.25, 0.3) is 5.91 Å². The van der Waals surface area contributed by atoms with E-state index in [2.05, 4.69) is 0 Å². The summed E-state index contributed by atoms with van der Waals surface area (Å²) in [5.41, 5.74) is 1.20. The second-order valence-electron chi connectivity index (χ2n) is 6.43. The highest BCUT2D eigenvalue weighted by Crippen LogP contribution is 2.18. The quantitative estimate of drug-likeness (QED) is 0.776. The van der Waals surface area contributed by atoms with Crippen LogP contribution in [0.3, 0.4) is 0 Å². The molecule has 0 aliphatic carbocycles. The first-order chi connectivity index (χ1) is 12.1. The smallest absolute Gasteiger partial charge is 0.253 e. The Balaban J connectivity index is 2.14. The molecular formula is C19H23FN2O3S. The number of nitrogens with zero attached hydrogens (tertiary/aromatic N) is 2. The predicted molar refractivity (Wildman–Crippen MR) is 98.7 cm³/mol. The number of carbonyl (C=O) groups excluding carboxylic acids is 1. The number of sulfonamides is 1. The molecule has 0 heterocycles.